The zero-order chi connectivity index (χ0) is 17.5. The first-order valence-corrected chi connectivity index (χ1v) is 9.66. The molecule has 0 heterocycles. The van der Waals surface area contributed by atoms with E-state index in [4.69, 9.17) is 0 Å². The van der Waals surface area contributed by atoms with Gasteiger partial charge < -0.3 is 5.32 Å². The standard InChI is InChI=1S/C24H29N/c1-3-4-5-9-19-13-14-21-16-15-20-10-6-7-11-22(20)23(24(21)18-19)12-8-17-25-2/h6-7,10-11,13-14,18,23,25H,3-5,9,15-17H2,1-2H3. The average Bonchev–Trinajstić information content (AvgIpc) is 2.79. The topological polar surface area (TPSA) is 12.0 Å². The Balaban J connectivity index is 2.00. The molecule has 25 heavy (non-hydrogen) atoms. The SMILES string of the molecule is CCCCCc1ccc2c(c1)C(C#CCNC)c1ccccc1CC2. The number of unbranched alkanes of at least 4 members (excludes halogenated alkanes) is 2. The number of nitrogens with one attached hydrogen (secondary N) is 1. The monoisotopic (exact) mass is 331 g/mol. The molecular weight excluding hydrogens is 302 g/mol. The van der Waals surface area contributed by atoms with Crippen molar-refractivity contribution >= 4 is 0 Å². The summed E-state index contributed by atoms with van der Waals surface area (Å²) in [6.07, 6.45) is 7.28. The van der Waals surface area contributed by atoms with Crippen LogP contribution in [-0.2, 0) is 19.3 Å². The van der Waals surface area contributed by atoms with Gasteiger partial charge in [0, 0.05) is 0 Å². The van der Waals surface area contributed by atoms with E-state index in [1.165, 1.54) is 53.5 Å². The van der Waals surface area contributed by atoms with Crippen LogP contribution in [0.1, 0.15) is 59.9 Å². The number of aryl methyl sites for hydroxylation is 3. The molecule has 0 fully saturated rings. The maximum absolute atomic E-state index is 3.56. The van der Waals surface area contributed by atoms with Gasteiger partial charge in [-0.25, -0.2) is 0 Å². The Bertz CT molecular complexity index is 763. The Morgan fingerprint density at radius 1 is 1.00 bits per heavy atom. The van der Waals surface area contributed by atoms with Crippen LogP contribution in [0.4, 0.5) is 0 Å². The Hall–Kier alpha value is -2.04. The van der Waals surface area contributed by atoms with E-state index in [1.54, 1.807) is 0 Å². The molecule has 0 aliphatic heterocycles. The van der Waals surface area contributed by atoms with Gasteiger partial charge in [-0.3, -0.25) is 0 Å². The third kappa shape index (κ3) is 4.33. The van der Waals surface area contributed by atoms with Crippen molar-refractivity contribution in [3.05, 3.63) is 70.3 Å². The van der Waals surface area contributed by atoms with E-state index in [2.05, 4.69) is 66.5 Å². The lowest BCUT2D eigenvalue weighted by molar-refractivity contribution is 0.716. The van der Waals surface area contributed by atoms with Crippen molar-refractivity contribution in [2.45, 2.75) is 51.4 Å². The minimum absolute atomic E-state index is 0.202. The number of hydrogen-bond acceptors (Lipinski definition) is 1. The fourth-order valence-corrected chi connectivity index (χ4v) is 3.75. The first-order valence-electron chi connectivity index (χ1n) is 9.66. The first kappa shape index (κ1) is 17.8. The summed E-state index contributed by atoms with van der Waals surface area (Å²) in [5, 5.41) is 3.14. The van der Waals surface area contributed by atoms with E-state index < -0.39 is 0 Å². The predicted molar refractivity (Wildman–Crippen MR) is 107 cm³/mol. The van der Waals surface area contributed by atoms with Gasteiger partial charge in [0.2, 0.25) is 0 Å². The smallest absolute Gasteiger partial charge is 0.0708 e. The Labute approximate surface area is 152 Å². The van der Waals surface area contributed by atoms with Gasteiger partial charge >= 0.3 is 0 Å². The van der Waals surface area contributed by atoms with Crippen LogP contribution < -0.4 is 5.32 Å². The molecule has 0 radical (unpaired) electrons. The summed E-state index contributed by atoms with van der Waals surface area (Å²) in [6, 6.07) is 16.0. The molecule has 1 atom stereocenters. The third-order valence-corrected chi connectivity index (χ3v) is 5.13. The van der Waals surface area contributed by atoms with E-state index >= 15 is 0 Å². The summed E-state index contributed by atoms with van der Waals surface area (Å²) in [6.45, 7) is 3.01. The van der Waals surface area contributed by atoms with Crippen molar-refractivity contribution < 1.29 is 0 Å². The molecule has 0 bridgehead atoms. The van der Waals surface area contributed by atoms with Crippen molar-refractivity contribution in [3.63, 3.8) is 0 Å². The van der Waals surface area contributed by atoms with Gasteiger partial charge in [-0.05, 0) is 60.5 Å². The second-order valence-electron chi connectivity index (χ2n) is 6.97. The highest BCUT2D eigenvalue weighted by Crippen LogP contribution is 2.34. The molecule has 2 aromatic carbocycles. The maximum atomic E-state index is 3.56. The summed E-state index contributed by atoms with van der Waals surface area (Å²) < 4.78 is 0. The molecule has 130 valence electrons. The van der Waals surface area contributed by atoms with Crippen LogP contribution in [0.2, 0.25) is 0 Å². The van der Waals surface area contributed by atoms with Crippen molar-refractivity contribution in [1.82, 2.24) is 5.32 Å². The van der Waals surface area contributed by atoms with Crippen molar-refractivity contribution in [2.24, 2.45) is 0 Å². The Morgan fingerprint density at radius 2 is 1.80 bits per heavy atom. The highest BCUT2D eigenvalue weighted by atomic mass is 14.8. The summed E-state index contributed by atoms with van der Waals surface area (Å²) >= 11 is 0. The molecule has 1 aliphatic rings. The molecule has 3 rings (SSSR count). The quantitative estimate of drug-likeness (QED) is 0.609. The molecule has 1 nitrogen and oxygen atoms in total. The van der Waals surface area contributed by atoms with E-state index in [1.807, 2.05) is 7.05 Å². The first-order chi connectivity index (χ1) is 12.3. The fraction of sp³-hybridized carbons (Fsp3) is 0.417. The fourth-order valence-electron chi connectivity index (χ4n) is 3.75. The highest BCUT2D eigenvalue weighted by Gasteiger charge is 2.22. The molecule has 0 saturated carbocycles. The van der Waals surface area contributed by atoms with Gasteiger partial charge in [-0.15, -0.1) is 0 Å². The molecule has 0 amide bonds. The van der Waals surface area contributed by atoms with Crippen LogP contribution in [0.3, 0.4) is 0 Å². The predicted octanol–water partition coefficient (Wildman–Crippen LogP) is 4.87. The zero-order valence-electron chi connectivity index (χ0n) is 15.6. The lowest BCUT2D eigenvalue weighted by atomic mass is 9.87. The van der Waals surface area contributed by atoms with Gasteiger partial charge in [0.1, 0.15) is 0 Å². The molecule has 0 spiro atoms. The van der Waals surface area contributed by atoms with Gasteiger partial charge in [0.25, 0.3) is 0 Å². The van der Waals surface area contributed by atoms with Crippen LogP contribution in [0.25, 0.3) is 0 Å². The highest BCUT2D eigenvalue weighted by molar-refractivity contribution is 5.51. The van der Waals surface area contributed by atoms with E-state index in [0.29, 0.717) is 0 Å². The second-order valence-corrected chi connectivity index (χ2v) is 6.97. The van der Waals surface area contributed by atoms with Crippen LogP contribution in [-0.4, -0.2) is 13.6 Å². The van der Waals surface area contributed by atoms with Gasteiger partial charge in [-0.1, -0.05) is 74.1 Å². The number of hydrogen-bond donors (Lipinski definition) is 1. The molecule has 0 aromatic heterocycles. The van der Waals surface area contributed by atoms with Crippen LogP contribution in [0.15, 0.2) is 42.5 Å². The van der Waals surface area contributed by atoms with Crippen molar-refractivity contribution in [2.75, 3.05) is 13.6 Å². The maximum Gasteiger partial charge on any atom is 0.0708 e. The molecule has 1 heteroatoms. The third-order valence-electron chi connectivity index (χ3n) is 5.13. The van der Waals surface area contributed by atoms with Crippen molar-refractivity contribution in [1.29, 1.82) is 0 Å². The van der Waals surface area contributed by atoms with Crippen molar-refractivity contribution in [3.8, 4) is 11.8 Å². The van der Waals surface area contributed by atoms with Gasteiger partial charge in [-0.2, -0.15) is 0 Å². The second kappa shape index (κ2) is 8.88. The summed E-state index contributed by atoms with van der Waals surface area (Å²) in [7, 11) is 1.95. The summed E-state index contributed by atoms with van der Waals surface area (Å²) in [4.78, 5) is 0. The largest absolute Gasteiger partial charge is 0.309 e. The summed E-state index contributed by atoms with van der Waals surface area (Å²) in [5.41, 5.74) is 7.22. The van der Waals surface area contributed by atoms with Gasteiger partial charge in [0.15, 0.2) is 0 Å². The van der Waals surface area contributed by atoms with E-state index in [0.717, 1.165) is 19.4 Å². The molecule has 1 N–H and O–H groups in total. The van der Waals surface area contributed by atoms with Crippen LogP contribution >= 0.6 is 0 Å². The van der Waals surface area contributed by atoms with Crippen LogP contribution in [0, 0.1) is 11.8 Å². The minimum Gasteiger partial charge on any atom is -0.309 e. The molecule has 2 aromatic rings. The number of rotatable bonds is 5. The average molecular weight is 332 g/mol. The normalized spacial score (nSPS) is 15.5. The molecule has 1 unspecified atom stereocenters. The molecule has 0 saturated heterocycles. The number of benzene rings is 2. The number of fused-ring (bicyclic) bond motifs is 2. The molecular formula is C24H29N. The Morgan fingerprint density at radius 3 is 2.60 bits per heavy atom. The van der Waals surface area contributed by atoms with E-state index in [9.17, 15) is 0 Å². The molecule has 1 aliphatic carbocycles. The summed E-state index contributed by atoms with van der Waals surface area (Å²) in [5.74, 6) is 7.08. The van der Waals surface area contributed by atoms with Crippen LogP contribution in [0.5, 0.6) is 0 Å². The Kier molecular flexibility index (Phi) is 6.31. The lowest BCUT2D eigenvalue weighted by Crippen LogP contribution is -2.07. The lowest BCUT2D eigenvalue weighted by Gasteiger charge is -2.16. The van der Waals surface area contributed by atoms with Gasteiger partial charge in [0.05, 0.1) is 12.5 Å². The van der Waals surface area contributed by atoms with E-state index in [-0.39, 0.29) is 5.92 Å². The minimum atomic E-state index is 0.202. The zero-order valence-corrected chi connectivity index (χ0v) is 15.6.